The number of piperidine rings is 1. The van der Waals surface area contributed by atoms with E-state index in [-0.39, 0.29) is 18.4 Å². The fourth-order valence-electron chi connectivity index (χ4n) is 2.68. The van der Waals surface area contributed by atoms with Gasteiger partial charge >= 0.3 is 0 Å². The molecule has 4 nitrogen and oxygen atoms in total. The van der Waals surface area contributed by atoms with Crippen molar-refractivity contribution in [1.29, 1.82) is 0 Å². The van der Waals surface area contributed by atoms with Gasteiger partial charge in [0.2, 0.25) is 5.91 Å². The molecule has 0 saturated carbocycles. The third-order valence-electron chi connectivity index (χ3n) is 3.54. The molecule has 0 aromatic rings. The molecule has 2 fully saturated rings. The number of aliphatic hydroxyl groups is 1. The van der Waals surface area contributed by atoms with Gasteiger partial charge in [-0.2, -0.15) is 0 Å². The topological polar surface area (TPSA) is 43.8 Å². The highest BCUT2D eigenvalue weighted by Crippen LogP contribution is 2.24. The van der Waals surface area contributed by atoms with Crippen LogP contribution < -0.4 is 0 Å². The first-order chi connectivity index (χ1) is 7.20. The first kappa shape index (κ1) is 10.9. The number of carbonyl (C=O) groups is 1. The maximum Gasteiger partial charge on any atom is 0.223 e. The number of likely N-dealkylation sites (N-methyl/N-ethyl adjacent to an activating group) is 1. The van der Waals surface area contributed by atoms with Crippen molar-refractivity contribution < 1.29 is 9.90 Å². The van der Waals surface area contributed by atoms with Gasteiger partial charge in [0.25, 0.3) is 0 Å². The molecule has 1 amide bonds. The monoisotopic (exact) mass is 212 g/mol. The first-order valence-corrected chi connectivity index (χ1v) is 5.79. The Bertz CT molecular complexity index is 245. The second kappa shape index (κ2) is 4.49. The molecule has 2 saturated heterocycles. The summed E-state index contributed by atoms with van der Waals surface area (Å²) in [5.74, 6) is 0.402. The van der Waals surface area contributed by atoms with Crippen LogP contribution in [0.5, 0.6) is 0 Å². The standard InChI is InChI=1S/C11H20N2O2/c1-12-4-2-3-10(7-12)13-6-9(8-14)5-11(13)15/h9-10,14H,2-8H2,1H3. The minimum absolute atomic E-state index is 0.144. The molecule has 4 heteroatoms. The molecule has 0 aromatic heterocycles. The van der Waals surface area contributed by atoms with E-state index >= 15 is 0 Å². The molecule has 0 spiro atoms. The summed E-state index contributed by atoms with van der Waals surface area (Å²) < 4.78 is 0. The maximum atomic E-state index is 11.7. The summed E-state index contributed by atoms with van der Waals surface area (Å²) in [6, 6.07) is 0.382. The van der Waals surface area contributed by atoms with Crippen LogP contribution in [0.15, 0.2) is 0 Å². The van der Waals surface area contributed by atoms with Crippen molar-refractivity contribution in [2.45, 2.75) is 25.3 Å². The molecule has 1 N–H and O–H groups in total. The molecule has 15 heavy (non-hydrogen) atoms. The highest BCUT2D eigenvalue weighted by molar-refractivity contribution is 5.79. The number of hydrogen-bond donors (Lipinski definition) is 1. The number of rotatable bonds is 2. The molecule has 2 heterocycles. The molecule has 0 radical (unpaired) electrons. The van der Waals surface area contributed by atoms with Crippen LogP contribution in [0.4, 0.5) is 0 Å². The zero-order chi connectivity index (χ0) is 10.8. The van der Waals surface area contributed by atoms with Gasteiger partial charge in [-0.3, -0.25) is 4.79 Å². The van der Waals surface area contributed by atoms with Gasteiger partial charge in [-0.25, -0.2) is 0 Å². The molecule has 0 aliphatic carbocycles. The lowest BCUT2D eigenvalue weighted by Gasteiger charge is -2.35. The number of aliphatic hydroxyl groups excluding tert-OH is 1. The Morgan fingerprint density at radius 3 is 2.87 bits per heavy atom. The van der Waals surface area contributed by atoms with E-state index in [0.29, 0.717) is 12.5 Å². The van der Waals surface area contributed by atoms with Crippen LogP contribution in [0, 0.1) is 5.92 Å². The lowest BCUT2D eigenvalue weighted by Crippen LogP contribution is -2.47. The summed E-state index contributed by atoms with van der Waals surface area (Å²) in [5.41, 5.74) is 0. The fraction of sp³-hybridized carbons (Fsp3) is 0.909. The van der Waals surface area contributed by atoms with Crippen LogP contribution in [-0.2, 0) is 4.79 Å². The lowest BCUT2D eigenvalue weighted by atomic mass is 10.0. The second-order valence-corrected chi connectivity index (χ2v) is 4.86. The van der Waals surface area contributed by atoms with E-state index < -0.39 is 0 Å². The third-order valence-corrected chi connectivity index (χ3v) is 3.54. The van der Waals surface area contributed by atoms with Crippen molar-refractivity contribution in [2.75, 3.05) is 33.3 Å². The Morgan fingerprint density at radius 2 is 2.27 bits per heavy atom. The van der Waals surface area contributed by atoms with Gasteiger partial charge in [-0.1, -0.05) is 0 Å². The van der Waals surface area contributed by atoms with E-state index in [2.05, 4.69) is 11.9 Å². The largest absolute Gasteiger partial charge is 0.396 e. The first-order valence-electron chi connectivity index (χ1n) is 5.79. The van der Waals surface area contributed by atoms with E-state index in [4.69, 9.17) is 5.11 Å². The molecule has 2 aliphatic heterocycles. The van der Waals surface area contributed by atoms with Gasteiger partial charge in [-0.15, -0.1) is 0 Å². The predicted octanol–water partition coefficient (Wildman–Crippen LogP) is -0.0786. The molecule has 2 rings (SSSR count). The SMILES string of the molecule is CN1CCCC(N2CC(CO)CC2=O)C1. The van der Waals surface area contributed by atoms with Crippen LogP contribution in [0.1, 0.15) is 19.3 Å². The van der Waals surface area contributed by atoms with E-state index in [1.54, 1.807) is 0 Å². The van der Waals surface area contributed by atoms with Crippen molar-refractivity contribution in [3.8, 4) is 0 Å². The smallest absolute Gasteiger partial charge is 0.223 e. The summed E-state index contributed by atoms with van der Waals surface area (Å²) in [5, 5.41) is 9.06. The van der Waals surface area contributed by atoms with E-state index in [0.717, 1.165) is 26.1 Å². The molecular formula is C11H20N2O2. The Labute approximate surface area is 90.9 Å². The van der Waals surface area contributed by atoms with Crippen LogP contribution in [-0.4, -0.2) is 60.1 Å². The average Bonchev–Trinajstić information content (AvgIpc) is 2.60. The number of nitrogens with zero attached hydrogens (tertiary/aromatic N) is 2. The van der Waals surface area contributed by atoms with Gasteiger partial charge in [-0.05, 0) is 26.4 Å². The zero-order valence-corrected chi connectivity index (χ0v) is 9.35. The summed E-state index contributed by atoms with van der Waals surface area (Å²) >= 11 is 0. The summed E-state index contributed by atoms with van der Waals surface area (Å²) in [7, 11) is 2.11. The molecule has 2 aliphatic rings. The highest BCUT2D eigenvalue weighted by Gasteiger charge is 2.35. The van der Waals surface area contributed by atoms with Crippen molar-refractivity contribution in [2.24, 2.45) is 5.92 Å². The fourth-order valence-corrected chi connectivity index (χ4v) is 2.68. The third kappa shape index (κ3) is 2.32. The highest BCUT2D eigenvalue weighted by atomic mass is 16.3. The average molecular weight is 212 g/mol. The summed E-state index contributed by atoms with van der Waals surface area (Å²) in [6.45, 7) is 3.03. The summed E-state index contributed by atoms with van der Waals surface area (Å²) in [4.78, 5) is 16.0. The van der Waals surface area contributed by atoms with Crippen molar-refractivity contribution in [3.63, 3.8) is 0 Å². The van der Waals surface area contributed by atoms with Crippen LogP contribution in [0.2, 0.25) is 0 Å². The quantitative estimate of drug-likeness (QED) is 0.696. The maximum absolute atomic E-state index is 11.7. The Balaban J connectivity index is 1.95. The zero-order valence-electron chi connectivity index (χ0n) is 9.35. The van der Waals surface area contributed by atoms with Gasteiger partial charge in [0.15, 0.2) is 0 Å². The lowest BCUT2D eigenvalue weighted by molar-refractivity contribution is -0.130. The van der Waals surface area contributed by atoms with Gasteiger partial charge < -0.3 is 14.9 Å². The van der Waals surface area contributed by atoms with Crippen molar-refractivity contribution in [3.05, 3.63) is 0 Å². The van der Waals surface area contributed by atoms with Crippen molar-refractivity contribution in [1.82, 2.24) is 9.80 Å². The number of hydrogen-bond acceptors (Lipinski definition) is 3. The Hall–Kier alpha value is -0.610. The minimum Gasteiger partial charge on any atom is -0.396 e. The molecule has 2 atom stereocenters. The van der Waals surface area contributed by atoms with Crippen LogP contribution in [0.25, 0.3) is 0 Å². The number of likely N-dealkylation sites (tertiary alicyclic amines) is 2. The number of amides is 1. The Kier molecular flexibility index (Phi) is 3.26. The predicted molar refractivity (Wildman–Crippen MR) is 57.4 cm³/mol. The normalized spacial score (nSPS) is 33.7. The van der Waals surface area contributed by atoms with Crippen molar-refractivity contribution >= 4 is 5.91 Å². The molecule has 2 unspecified atom stereocenters. The second-order valence-electron chi connectivity index (χ2n) is 4.86. The molecule has 0 bridgehead atoms. The van der Waals surface area contributed by atoms with Gasteiger partial charge in [0, 0.05) is 38.1 Å². The van der Waals surface area contributed by atoms with E-state index in [1.807, 2.05) is 4.90 Å². The molecular weight excluding hydrogens is 192 g/mol. The number of carbonyl (C=O) groups excluding carboxylic acids is 1. The Morgan fingerprint density at radius 1 is 1.47 bits per heavy atom. The van der Waals surface area contributed by atoms with E-state index in [1.165, 1.54) is 6.42 Å². The summed E-state index contributed by atoms with van der Waals surface area (Å²) in [6.07, 6.45) is 2.83. The molecule has 86 valence electrons. The van der Waals surface area contributed by atoms with Gasteiger partial charge in [0.05, 0.1) is 0 Å². The van der Waals surface area contributed by atoms with Crippen LogP contribution in [0.3, 0.4) is 0 Å². The van der Waals surface area contributed by atoms with Gasteiger partial charge in [0.1, 0.15) is 0 Å². The molecule has 0 aromatic carbocycles. The van der Waals surface area contributed by atoms with E-state index in [9.17, 15) is 4.79 Å². The van der Waals surface area contributed by atoms with Crippen LogP contribution >= 0.6 is 0 Å². The minimum atomic E-state index is 0.144.